The van der Waals surface area contributed by atoms with Crippen LogP contribution in [0, 0.1) is 6.92 Å². The second-order valence-electron chi connectivity index (χ2n) is 6.52. The van der Waals surface area contributed by atoms with E-state index in [1.165, 1.54) is 0 Å². The van der Waals surface area contributed by atoms with Gasteiger partial charge in [-0.3, -0.25) is 4.68 Å². The first-order valence-electron chi connectivity index (χ1n) is 9.17. The van der Waals surface area contributed by atoms with Crippen LogP contribution in [0.4, 0.5) is 0 Å². The summed E-state index contributed by atoms with van der Waals surface area (Å²) in [6, 6.07) is 7.92. The predicted octanol–water partition coefficient (Wildman–Crippen LogP) is 3.58. The molecule has 7 heteroatoms. The highest BCUT2D eigenvalue weighted by molar-refractivity contribution is 5.93. The number of fused-ring (bicyclic) bond motifs is 1. The molecule has 0 bridgehead atoms. The Hall–Kier alpha value is -3.06. The molecule has 3 aromatic rings. The SMILES string of the molecule is CC/C(=C\c1c(C)nn(C)c1-n1ccc2ccc(OCCOC)cc21)C(=O)O. The lowest BCUT2D eigenvalue weighted by Gasteiger charge is -2.10. The summed E-state index contributed by atoms with van der Waals surface area (Å²) in [6.07, 6.45) is 4.11. The zero-order valence-corrected chi connectivity index (χ0v) is 16.6. The van der Waals surface area contributed by atoms with E-state index in [4.69, 9.17) is 9.47 Å². The molecular weight excluding hydrogens is 358 g/mol. The molecule has 0 saturated heterocycles. The molecule has 0 aliphatic rings. The van der Waals surface area contributed by atoms with Crippen molar-refractivity contribution in [2.24, 2.45) is 7.05 Å². The molecule has 0 spiro atoms. The Balaban J connectivity index is 2.12. The van der Waals surface area contributed by atoms with E-state index in [1.54, 1.807) is 17.9 Å². The zero-order valence-electron chi connectivity index (χ0n) is 16.6. The second-order valence-corrected chi connectivity index (χ2v) is 6.52. The van der Waals surface area contributed by atoms with E-state index < -0.39 is 5.97 Å². The van der Waals surface area contributed by atoms with Crippen molar-refractivity contribution in [3.8, 4) is 11.6 Å². The van der Waals surface area contributed by atoms with Crippen LogP contribution in [0.25, 0.3) is 22.8 Å². The fourth-order valence-electron chi connectivity index (χ4n) is 3.23. The highest BCUT2D eigenvalue weighted by Crippen LogP contribution is 2.29. The van der Waals surface area contributed by atoms with E-state index in [-0.39, 0.29) is 0 Å². The fraction of sp³-hybridized carbons (Fsp3) is 0.333. The summed E-state index contributed by atoms with van der Waals surface area (Å²) in [4.78, 5) is 11.5. The third kappa shape index (κ3) is 3.80. The van der Waals surface area contributed by atoms with Gasteiger partial charge in [-0.25, -0.2) is 4.79 Å². The molecule has 148 valence electrons. The molecule has 28 heavy (non-hydrogen) atoms. The van der Waals surface area contributed by atoms with Gasteiger partial charge in [-0.2, -0.15) is 5.10 Å². The Labute approximate surface area is 163 Å². The Kier molecular flexibility index (Phi) is 5.84. The Morgan fingerprint density at radius 2 is 2.07 bits per heavy atom. The van der Waals surface area contributed by atoms with Crippen molar-refractivity contribution < 1.29 is 19.4 Å². The third-order valence-electron chi connectivity index (χ3n) is 4.66. The zero-order chi connectivity index (χ0) is 20.3. The van der Waals surface area contributed by atoms with Crippen molar-refractivity contribution >= 4 is 22.9 Å². The van der Waals surface area contributed by atoms with Gasteiger partial charge in [0.05, 0.1) is 17.8 Å². The molecule has 0 fully saturated rings. The Bertz CT molecular complexity index is 1030. The molecule has 0 amide bonds. The molecule has 0 radical (unpaired) electrons. The summed E-state index contributed by atoms with van der Waals surface area (Å²) in [5.74, 6) is 0.650. The van der Waals surface area contributed by atoms with E-state index in [0.29, 0.717) is 25.2 Å². The molecule has 7 nitrogen and oxygen atoms in total. The first kappa shape index (κ1) is 19.7. The molecular formula is C21H25N3O4. The van der Waals surface area contributed by atoms with Crippen LogP contribution in [-0.4, -0.2) is 45.7 Å². The predicted molar refractivity (Wildman–Crippen MR) is 108 cm³/mol. The summed E-state index contributed by atoms with van der Waals surface area (Å²) in [7, 11) is 3.50. The van der Waals surface area contributed by atoms with Crippen LogP contribution >= 0.6 is 0 Å². The van der Waals surface area contributed by atoms with Gasteiger partial charge in [-0.1, -0.05) is 6.92 Å². The van der Waals surface area contributed by atoms with Gasteiger partial charge in [0.2, 0.25) is 0 Å². The smallest absolute Gasteiger partial charge is 0.331 e. The number of carbonyl (C=O) groups is 1. The van der Waals surface area contributed by atoms with Gasteiger partial charge in [0, 0.05) is 42.9 Å². The number of ether oxygens (including phenoxy) is 2. The number of aliphatic carboxylic acids is 1. The van der Waals surface area contributed by atoms with E-state index in [9.17, 15) is 9.90 Å². The van der Waals surface area contributed by atoms with Gasteiger partial charge in [0.15, 0.2) is 0 Å². The molecule has 1 aromatic carbocycles. The van der Waals surface area contributed by atoms with Crippen LogP contribution in [0.5, 0.6) is 5.75 Å². The van der Waals surface area contributed by atoms with Crippen molar-refractivity contribution in [1.82, 2.24) is 14.3 Å². The highest BCUT2D eigenvalue weighted by atomic mass is 16.5. The number of hydrogen-bond acceptors (Lipinski definition) is 4. The van der Waals surface area contributed by atoms with Crippen molar-refractivity contribution in [1.29, 1.82) is 0 Å². The fourth-order valence-corrected chi connectivity index (χ4v) is 3.23. The number of hydrogen-bond donors (Lipinski definition) is 1. The molecule has 0 atom stereocenters. The van der Waals surface area contributed by atoms with Gasteiger partial charge >= 0.3 is 5.97 Å². The van der Waals surface area contributed by atoms with Crippen LogP contribution < -0.4 is 4.74 Å². The number of aromatic nitrogens is 3. The summed E-state index contributed by atoms with van der Waals surface area (Å²) in [5.41, 5.74) is 2.88. The van der Waals surface area contributed by atoms with E-state index in [0.717, 1.165) is 33.7 Å². The van der Waals surface area contributed by atoms with Crippen molar-refractivity contribution in [3.05, 3.63) is 47.3 Å². The van der Waals surface area contributed by atoms with Gasteiger partial charge in [-0.15, -0.1) is 0 Å². The average molecular weight is 383 g/mol. The largest absolute Gasteiger partial charge is 0.491 e. The van der Waals surface area contributed by atoms with E-state index in [1.807, 2.05) is 55.9 Å². The molecule has 2 heterocycles. The number of nitrogens with zero attached hydrogens (tertiary/aromatic N) is 3. The topological polar surface area (TPSA) is 78.5 Å². The lowest BCUT2D eigenvalue weighted by atomic mass is 10.1. The lowest BCUT2D eigenvalue weighted by molar-refractivity contribution is -0.132. The maximum absolute atomic E-state index is 11.5. The van der Waals surface area contributed by atoms with Crippen LogP contribution in [-0.2, 0) is 16.6 Å². The minimum atomic E-state index is -0.914. The number of carboxylic acids is 1. The maximum atomic E-state index is 11.5. The molecule has 0 unspecified atom stereocenters. The number of benzene rings is 1. The molecule has 0 aliphatic heterocycles. The quantitative estimate of drug-likeness (QED) is 0.475. The minimum Gasteiger partial charge on any atom is -0.491 e. The number of carboxylic acid groups (broad SMARTS) is 1. The van der Waals surface area contributed by atoms with Gasteiger partial charge in [-0.05, 0) is 37.6 Å². The third-order valence-corrected chi connectivity index (χ3v) is 4.66. The normalized spacial score (nSPS) is 11.9. The maximum Gasteiger partial charge on any atom is 0.331 e. The number of rotatable bonds is 8. The summed E-state index contributed by atoms with van der Waals surface area (Å²) in [6.45, 7) is 4.71. The van der Waals surface area contributed by atoms with Gasteiger partial charge in [0.25, 0.3) is 0 Å². The molecule has 0 aliphatic carbocycles. The van der Waals surface area contributed by atoms with Crippen LogP contribution in [0.3, 0.4) is 0 Å². The molecule has 0 saturated carbocycles. The summed E-state index contributed by atoms with van der Waals surface area (Å²) < 4.78 is 14.6. The standard InChI is InChI=1S/C21H25N3O4/c1-5-15(21(25)26)12-18-14(2)22-23(3)20(18)24-9-8-16-6-7-17(13-19(16)24)28-11-10-27-4/h6-9,12-13H,5,10-11H2,1-4H3,(H,25,26)/b15-12+. The van der Waals surface area contributed by atoms with Crippen molar-refractivity contribution in [2.75, 3.05) is 20.3 Å². The van der Waals surface area contributed by atoms with Crippen molar-refractivity contribution in [3.63, 3.8) is 0 Å². The first-order valence-corrected chi connectivity index (χ1v) is 9.17. The number of aryl methyl sites for hydroxylation is 2. The van der Waals surface area contributed by atoms with E-state index >= 15 is 0 Å². The highest BCUT2D eigenvalue weighted by Gasteiger charge is 2.17. The van der Waals surface area contributed by atoms with Crippen LogP contribution in [0.15, 0.2) is 36.0 Å². The Morgan fingerprint density at radius 3 is 2.75 bits per heavy atom. The minimum absolute atomic E-state index is 0.345. The number of methoxy groups -OCH3 is 1. The monoisotopic (exact) mass is 383 g/mol. The summed E-state index contributed by atoms with van der Waals surface area (Å²) >= 11 is 0. The van der Waals surface area contributed by atoms with Crippen LogP contribution in [0.2, 0.25) is 0 Å². The van der Waals surface area contributed by atoms with Gasteiger partial charge < -0.3 is 19.1 Å². The molecule has 1 N–H and O–H groups in total. The second kappa shape index (κ2) is 8.31. The first-order chi connectivity index (χ1) is 13.5. The van der Waals surface area contributed by atoms with Crippen LogP contribution in [0.1, 0.15) is 24.6 Å². The summed E-state index contributed by atoms with van der Waals surface area (Å²) in [5, 5.41) is 15.0. The Morgan fingerprint density at radius 1 is 1.29 bits per heavy atom. The van der Waals surface area contributed by atoms with Gasteiger partial charge in [0.1, 0.15) is 18.2 Å². The molecule has 2 aromatic heterocycles. The average Bonchev–Trinajstić information content (AvgIpc) is 3.19. The van der Waals surface area contributed by atoms with E-state index in [2.05, 4.69) is 5.10 Å². The van der Waals surface area contributed by atoms with Crippen molar-refractivity contribution in [2.45, 2.75) is 20.3 Å². The lowest BCUT2D eigenvalue weighted by Crippen LogP contribution is -2.05. The molecule has 3 rings (SSSR count).